The van der Waals surface area contributed by atoms with Crippen LogP contribution in [0.4, 0.5) is 5.69 Å². The van der Waals surface area contributed by atoms with Crippen molar-refractivity contribution >= 4 is 11.6 Å². The lowest BCUT2D eigenvalue weighted by Crippen LogP contribution is -2.27. The maximum atomic E-state index is 11.9. The number of amides is 1. The Morgan fingerprint density at radius 3 is 2.95 bits per heavy atom. The van der Waals surface area contributed by atoms with Crippen molar-refractivity contribution in [2.45, 2.75) is 26.3 Å². The average Bonchev–Trinajstić information content (AvgIpc) is 2.87. The van der Waals surface area contributed by atoms with E-state index in [1.54, 1.807) is 30.6 Å². The molecule has 2 rings (SSSR count). The molecule has 0 saturated carbocycles. The van der Waals surface area contributed by atoms with Gasteiger partial charge in [-0.15, -0.1) is 10.2 Å². The van der Waals surface area contributed by atoms with E-state index in [0.29, 0.717) is 30.3 Å². The highest BCUT2D eigenvalue weighted by molar-refractivity contribution is 5.94. The molecule has 2 aromatic rings. The maximum Gasteiger partial charge on any atom is 0.251 e. The molecule has 0 saturated heterocycles. The smallest absolute Gasteiger partial charge is 0.251 e. The number of carbonyl (C=O) groups is 1. The van der Waals surface area contributed by atoms with E-state index in [9.17, 15) is 4.79 Å². The highest BCUT2D eigenvalue weighted by atomic mass is 16.1. The van der Waals surface area contributed by atoms with Gasteiger partial charge in [0, 0.05) is 30.3 Å². The lowest BCUT2D eigenvalue weighted by molar-refractivity contribution is 0.0952. The first-order chi connectivity index (χ1) is 9.58. The number of hydrogen-bond donors (Lipinski definition) is 2. The van der Waals surface area contributed by atoms with Crippen LogP contribution in [0.15, 0.2) is 30.6 Å². The lowest BCUT2D eigenvalue weighted by Gasteiger charge is -2.10. The van der Waals surface area contributed by atoms with Crippen molar-refractivity contribution in [1.29, 1.82) is 0 Å². The predicted molar refractivity (Wildman–Crippen MR) is 77.3 cm³/mol. The molecule has 3 N–H and O–H groups in total. The fraction of sp³-hybridized carbons (Fsp3) is 0.357. The van der Waals surface area contributed by atoms with E-state index in [-0.39, 0.29) is 5.91 Å². The number of benzene rings is 1. The topological polar surface area (TPSA) is 85.8 Å². The number of anilines is 1. The Labute approximate surface area is 118 Å². The van der Waals surface area contributed by atoms with Gasteiger partial charge in [0.1, 0.15) is 12.2 Å². The second kappa shape index (κ2) is 6.18. The van der Waals surface area contributed by atoms with Crippen molar-refractivity contribution in [3.05, 3.63) is 42.0 Å². The first kappa shape index (κ1) is 14.0. The fourth-order valence-corrected chi connectivity index (χ4v) is 1.96. The predicted octanol–water partition coefficient (Wildman–Crippen LogP) is 1.41. The van der Waals surface area contributed by atoms with Crippen molar-refractivity contribution in [2.75, 3.05) is 12.3 Å². The number of nitrogens with zero attached hydrogens (tertiary/aromatic N) is 3. The van der Waals surface area contributed by atoms with E-state index in [1.165, 1.54) is 0 Å². The summed E-state index contributed by atoms with van der Waals surface area (Å²) in [6, 6.07) is 6.92. The Morgan fingerprint density at radius 2 is 2.25 bits per heavy atom. The van der Waals surface area contributed by atoms with E-state index in [0.717, 1.165) is 5.82 Å². The van der Waals surface area contributed by atoms with Crippen molar-refractivity contribution in [1.82, 2.24) is 20.1 Å². The zero-order valence-corrected chi connectivity index (χ0v) is 11.7. The Morgan fingerprint density at radius 1 is 1.45 bits per heavy atom. The fourth-order valence-electron chi connectivity index (χ4n) is 1.96. The van der Waals surface area contributed by atoms with Crippen molar-refractivity contribution in [3.8, 4) is 0 Å². The van der Waals surface area contributed by atoms with Gasteiger partial charge in [0.05, 0.1) is 0 Å². The minimum Gasteiger partial charge on any atom is -0.399 e. The van der Waals surface area contributed by atoms with Crippen LogP contribution in [-0.2, 0) is 6.54 Å². The zero-order valence-electron chi connectivity index (χ0n) is 11.7. The summed E-state index contributed by atoms with van der Waals surface area (Å²) in [5, 5.41) is 10.8. The molecule has 0 bridgehead atoms. The molecule has 0 aliphatic heterocycles. The number of rotatable bonds is 5. The van der Waals surface area contributed by atoms with E-state index in [2.05, 4.69) is 29.4 Å². The van der Waals surface area contributed by atoms with Gasteiger partial charge in [-0.05, 0) is 18.2 Å². The Bertz CT molecular complexity index is 591. The molecule has 6 heteroatoms. The van der Waals surface area contributed by atoms with Gasteiger partial charge in [-0.25, -0.2) is 0 Å². The number of aromatic nitrogens is 3. The monoisotopic (exact) mass is 273 g/mol. The molecule has 0 aliphatic rings. The van der Waals surface area contributed by atoms with Gasteiger partial charge in [-0.2, -0.15) is 0 Å². The number of hydrogen-bond acceptors (Lipinski definition) is 4. The summed E-state index contributed by atoms with van der Waals surface area (Å²) >= 11 is 0. The third-order valence-corrected chi connectivity index (χ3v) is 2.95. The van der Waals surface area contributed by atoms with Crippen LogP contribution in [-0.4, -0.2) is 27.2 Å². The zero-order chi connectivity index (χ0) is 14.5. The molecule has 6 nitrogen and oxygen atoms in total. The quantitative estimate of drug-likeness (QED) is 0.807. The molecular formula is C14H19N5O. The van der Waals surface area contributed by atoms with Gasteiger partial charge in [0.2, 0.25) is 0 Å². The average molecular weight is 273 g/mol. The normalized spacial score (nSPS) is 10.8. The lowest BCUT2D eigenvalue weighted by atomic mass is 10.2. The number of nitrogen functional groups attached to an aromatic ring is 1. The first-order valence-electron chi connectivity index (χ1n) is 6.59. The van der Waals surface area contributed by atoms with Crippen LogP contribution in [0.5, 0.6) is 0 Å². The Hall–Kier alpha value is -2.37. The molecule has 1 aromatic heterocycles. The van der Waals surface area contributed by atoms with Crippen LogP contribution >= 0.6 is 0 Å². The molecule has 0 aliphatic carbocycles. The molecule has 1 amide bonds. The summed E-state index contributed by atoms with van der Waals surface area (Å²) in [4.78, 5) is 11.9. The molecule has 0 unspecified atom stereocenters. The SMILES string of the molecule is CC(C)c1nncn1CCNC(=O)c1cccc(N)c1. The van der Waals surface area contributed by atoms with Crippen LogP contribution in [0.2, 0.25) is 0 Å². The number of nitrogens with one attached hydrogen (secondary N) is 1. The van der Waals surface area contributed by atoms with Crippen molar-refractivity contribution in [2.24, 2.45) is 0 Å². The van der Waals surface area contributed by atoms with E-state index in [1.807, 2.05) is 4.57 Å². The van der Waals surface area contributed by atoms with Crippen molar-refractivity contribution in [3.63, 3.8) is 0 Å². The molecule has 0 spiro atoms. The molecule has 20 heavy (non-hydrogen) atoms. The second-order valence-electron chi connectivity index (χ2n) is 4.92. The third kappa shape index (κ3) is 3.34. The second-order valence-corrected chi connectivity index (χ2v) is 4.92. The highest BCUT2D eigenvalue weighted by Gasteiger charge is 2.09. The van der Waals surface area contributed by atoms with Gasteiger partial charge >= 0.3 is 0 Å². The van der Waals surface area contributed by atoms with E-state index >= 15 is 0 Å². The van der Waals surface area contributed by atoms with Gasteiger partial charge in [-0.3, -0.25) is 4.79 Å². The van der Waals surface area contributed by atoms with Crippen molar-refractivity contribution < 1.29 is 4.79 Å². The summed E-state index contributed by atoms with van der Waals surface area (Å²) in [6.45, 7) is 5.29. The first-order valence-corrected chi connectivity index (χ1v) is 6.59. The van der Waals surface area contributed by atoms with Gasteiger partial charge in [-0.1, -0.05) is 19.9 Å². The van der Waals surface area contributed by atoms with Crippen LogP contribution in [0, 0.1) is 0 Å². The number of carbonyl (C=O) groups excluding carboxylic acids is 1. The van der Waals surface area contributed by atoms with Gasteiger partial charge in [0.25, 0.3) is 5.91 Å². The third-order valence-electron chi connectivity index (χ3n) is 2.95. The van der Waals surface area contributed by atoms with Crippen LogP contribution < -0.4 is 11.1 Å². The molecule has 1 heterocycles. The standard InChI is InChI=1S/C14H19N5O/c1-10(2)13-18-17-9-19(13)7-6-16-14(20)11-4-3-5-12(15)8-11/h3-5,8-10H,6-7,15H2,1-2H3,(H,16,20). The highest BCUT2D eigenvalue weighted by Crippen LogP contribution is 2.10. The van der Waals surface area contributed by atoms with Crippen LogP contribution in [0.25, 0.3) is 0 Å². The van der Waals surface area contributed by atoms with E-state index in [4.69, 9.17) is 5.73 Å². The van der Waals surface area contributed by atoms with Gasteiger partial charge in [0.15, 0.2) is 0 Å². The minimum atomic E-state index is -0.128. The van der Waals surface area contributed by atoms with Gasteiger partial charge < -0.3 is 15.6 Å². The molecule has 0 atom stereocenters. The van der Waals surface area contributed by atoms with Crippen LogP contribution in [0.3, 0.4) is 0 Å². The summed E-state index contributed by atoms with van der Waals surface area (Å²) in [6.07, 6.45) is 1.68. The molecule has 1 aromatic carbocycles. The summed E-state index contributed by atoms with van der Waals surface area (Å²) in [7, 11) is 0. The molecular weight excluding hydrogens is 254 g/mol. The summed E-state index contributed by atoms with van der Waals surface area (Å²) in [5.74, 6) is 1.10. The largest absolute Gasteiger partial charge is 0.399 e. The maximum absolute atomic E-state index is 11.9. The molecule has 106 valence electrons. The summed E-state index contributed by atoms with van der Waals surface area (Å²) < 4.78 is 1.95. The minimum absolute atomic E-state index is 0.128. The molecule has 0 fully saturated rings. The van der Waals surface area contributed by atoms with Crippen LogP contribution in [0.1, 0.15) is 35.9 Å². The number of nitrogens with two attached hydrogens (primary N) is 1. The van der Waals surface area contributed by atoms with E-state index < -0.39 is 0 Å². The molecule has 0 radical (unpaired) electrons. The Kier molecular flexibility index (Phi) is 4.34. The Balaban J connectivity index is 1.90. The summed E-state index contributed by atoms with van der Waals surface area (Å²) in [5.41, 5.74) is 6.80.